The highest BCUT2D eigenvalue weighted by molar-refractivity contribution is 7.89. The van der Waals surface area contributed by atoms with Gasteiger partial charge in [-0.3, -0.25) is 4.90 Å². The van der Waals surface area contributed by atoms with E-state index in [4.69, 9.17) is 15.7 Å². The second kappa shape index (κ2) is 8.52. The Morgan fingerprint density at radius 3 is 2.62 bits per heavy atom. The smallest absolute Gasteiger partial charge is 0.214 e. The van der Waals surface area contributed by atoms with E-state index in [0.717, 1.165) is 0 Å². The third-order valence-electron chi connectivity index (χ3n) is 3.25. The second-order valence-electron chi connectivity index (χ2n) is 5.50. The average molecular weight is 322 g/mol. The molecular formula is C12H26N4O4S. The number of amidine groups is 1. The Labute approximate surface area is 126 Å². The predicted octanol–water partition coefficient (Wildman–Crippen LogP) is -0.458. The molecule has 1 rings (SSSR count). The fourth-order valence-corrected chi connectivity index (χ4v) is 3.35. The predicted molar refractivity (Wildman–Crippen MR) is 80.9 cm³/mol. The molecule has 0 radical (unpaired) electrons. The molecule has 124 valence electrons. The second-order valence-corrected chi connectivity index (χ2v) is 7.37. The molecule has 1 heterocycles. The minimum Gasteiger partial charge on any atom is -0.409 e. The SMILES string of the molecule is CC(C)OCCS(=O)(=O)NC1CCN(CC(N)=NO)CC1. The van der Waals surface area contributed by atoms with Gasteiger partial charge in [0.2, 0.25) is 10.0 Å². The number of rotatable bonds is 8. The van der Waals surface area contributed by atoms with E-state index in [1.165, 1.54) is 0 Å². The molecule has 4 N–H and O–H groups in total. The summed E-state index contributed by atoms with van der Waals surface area (Å²) >= 11 is 0. The van der Waals surface area contributed by atoms with Crippen molar-refractivity contribution in [3.05, 3.63) is 0 Å². The van der Waals surface area contributed by atoms with Crippen molar-refractivity contribution in [3.63, 3.8) is 0 Å². The van der Waals surface area contributed by atoms with Crippen LogP contribution in [0.1, 0.15) is 26.7 Å². The average Bonchev–Trinajstić information content (AvgIpc) is 2.39. The lowest BCUT2D eigenvalue weighted by atomic mass is 10.1. The van der Waals surface area contributed by atoms with Gasteiger partial charge < -0.3 is 15.7 Å². The highest BCUT2D eigenvalue weighted by atomic mass is 32.2. The summed E-state index contributed by atoms with van der Waals surface area (Å²) in [6.45, 7) is 5.78. The molecule has 0 atom stereocenters. The summed E-state index contributed by atoms with van der Waals surface area (Å²) in [7, 11) is -3.30. The van der Waals surface area contributed by atoms with Crippen LogP contribution in [0.4, 0.5) is 0 Å². The van der Waals surface area contributed by atoms with E-state index in [-0.39, 0.29) is 30.3 Å². The summed E-state index contributed by atoms with van der Waals surface area (Å²) in [4.78, 5) is 2.03. The van der Waals surface area contributed by atoms with Crippen molar-refractivity contribution in [1.29, 1.82) is 0 Å². The number of hydrogen-bond donors (Lipinski definition) is 3. The van der Waals surface area contributed by atoms with E-state index in [0.29, 0.717) is 32.5 Å². The van der Waals surface area contributed by atoms with Gasteiger partial charge in [-0.25, -0.2) is 13.1 Å². The fourth-order valence-electron chi connectivity index (χ4n) is 2.18. The van der Waals surface area contributed by atoms with Crippen LogP contribution in [0.25, 0.3) is 0 Å². The fraction of sp³-hybridized carbons (Fsp3) is 0.917. The number of nitrogens with two attached hydrogens (primary N) is 1. The van der Waals surface area contributed by atoms with Crippen LogP contribution in [-0.4, -0.2) is 68.5 Å². The zero-order valence-electron chi connectivity index (χ0n) is 12.7. The highest BCUT2D eigenvalue weighted by Crippen LogP contribution is 2.11. The van der Waals surface area contributed by atoms with Gasteiger partial charge in [0.1, 0.15) is 0 Å². The van der Waals surface area contributed by atoms with Crippen LogP contribution < -0.4 is 10.5 Å². The quantitative estimate of drug-likeness (QED) is 0.241. The van der Waals surface area contributed by atoms with Gasteiger partial charge in [-0.15, -0.1) is 0 Å². The maximum absolute atomic E-state index is 11.9. The van der Waals surface area contributed by atoms with E-state index in [9.17, 15) is 8.42 Å². The van der Waals surface area contributed by atoms with Crippen LogP contribution in [0.3, 0.4) is 0 Å². The molecule has 0 aromatic carbocycles. The number of likely N-dealkylation sites (tertiary alicyclic amines) is 1. The van der Waals surface area contributed by atoms with Gasteiger partial charge in [0.15, 0.2) is 5.84 Å². The van der Waals surface area contributed by atoms with E-state index < -0.39 is 10.0 Å². The van der Waals surface area contributed by atoms with Crippen molar-refractivity contribution in [3.8, 4) is 0 Å². The molecule has 0 aromatic heterocycles. The minimum absolute atomic E-state index is 0.0183. The molecule has 1 saturated heterocycles. The molecule has 1 fully saturated rings. The first-order chi connectivity index (χ1) is 9.82. The number of nitrogens with zero attached hydrogens (tertiary/aromatic N) is 2. The number of oxime groups is 1. The van der Waals surface area contributed by atoms with Gasteiger partial charge in [0, 0.05) is 19.1 Å². The summed E-state index contributed by atoms with van der Waals surface area (Å²) in [5.74, 6) is 0.148. The third kappa shape index (κ3) is 7.60. The number of ether oxygens (including phenoxy) is 1. The van der Waals surface area contributed by atoms with Gasteiger partial charge in [-0.1, -0.05) is 5.16 Å². The Kier molecular flexibility index (Phi) is 7.36. The van der Waals surface area contributed by atoms with Gasteiger partial charge >= 0.3 is 0 Å². The molecule has 0 saturated carbocycles. The monoisotopic (exact) mass is 322 g/mol. The number of nitrogens with one attached hydrogen (secondary N) is 1. The number of sulfonamides is 1. The number of hydrogen-bond acceptors (Lipinski definition) is 6. The normalized spacial score (nSPS) is 19.3. The van der Waals surface area contributed by atoms with Crippen molar-refractivity contribution < 1.29 is 18.4 Å². The summed E-state index contributed by atoms with van der Waals surface area (Å²) in [6.07, 6.45) is 1.45. The Morgan fingerprint density at radius 2 is 2.10 bits per heavy atom. The standard InChI is InChI=1S/C12H26N4O4S/c1-10(2)20-7-8-21(18,19)15-11-3-5-16(6-4-11)9-12(13)14-17/h10-11,15,17H,3-9H2,1-2H3,(H2,13,14). The molecule has 9 heteroatoms. The Hall–Kier alpha value is -0.900. The minimum atomic E-state index is -3.30. The van der Waals surface area contributed by atoms with Crippen LogP contribution in [0, 0.1) is 0 Å². The summed E-state index contributed by atoms with van der Waals surface area (Å²) in [5, 5.41) is 11.5. The van der Waals surface area contributed by atoms with Crippen molar-refractivity contribution in [2.24, 2.45) is 10.9 Å². The lowest BCUT2D eigenvalue weighted by Crippen LogP contribution is -2.47. The van der Waals surface area contributed by atoms with Crippen LogP contribution in [0.5, 0.6) is 0 Å². The topological polar surface area (TPSA) is 117 Å². The van der Waals surface area contributed by atoms with E-state index in [1.807, 2.05) is 18.7 Å². The van der Waals surface area contributed by atoms with Gasteiger partial charge in [0.25, 0.3) is 0 Å². The molecule has 0 bridgehead atoms. The summed E-state index contributed by atoms with van der Waals surface area (Å²) in [5.41, 5.74) is 5.45. The number of piperidine rings is 1. The van der Waals surface area contributed by atoms with Gasteiger partial charge in [-0.05, 0) is 26.7 Å². The van der Waals surface area contributed by atoms with Crippen LogP contribution >= 0.6 is 0 Å². The highest BCUT2D eigenvalue weighted by Gasteiger charge is 2.23. The molecule has 0 unspecified atom stereocenters. The Morgan fingerprint density at radius 1 is 1.48 bits per heavy atom. The van der Waals surface area contributed by atoms with E-state index in [2.05, 4.69) is 9.88 Å². The van der Waals surface area contributed by atoms with Crippen molar-refractivity contribution in [2.45, 2.75) is 38.8 Å². The zero-order chi connectivity index (χ0) is 15.9. The van der Waals surface area contributed by atoms with Gasteiger partial charge in [0.05, 0.1) is 25.0 Å². The first kappa shape index (κ1) is 18.1. The van der Waals surface area contributed by atoms with E-state index >= 15 is 0 Å². The van der Waals surface area contributed by atoms with Crippen LogP contribution in [-0.2, 0) is 14.8 Å². The molecule has 0 aliphatic carbocycles. The largest absolute Gasteiger partial charge is 0.409 e. The van der Waals surface area contributed by atoms with Crippen LogP contribution in [0.2, 0.25) is 0 Å². The molecule has 0 spiro atoms. The first-order valence-electron chi connectivity index (χ1n) is 7.12. The van der Waals surface area contributed by atoms with Crippen molar-refractivity contribution in [1.82, 2.24) is 9.62 Å². The lowest BCUT2D eigenvalue weighted by molar-refractivity contribution is 0.0910. The summed E-state index contributed by atoms with van der Waals surface area (Å²) < 4.78 is 31.8. The van der Waals surface area contributed by atoms with Crippen molar-refractivity contribution >= 4 is 15.9 Å². The van der Waals surface area contributed by atoms with Crippen molar-refractivity contribution in [2.75, 3.05) is 32.0 Å². The molecule has 1 aliphatic rings. The lowest BCUT2D eigenvalue weighted by Gasteiger charge is -2.31. The molecule has 8 nitrogen and oxygen atoms in total. The molecule has 21 heavy (non-hydrogen) atoms. The Balaban J connectivity index is 2.31. The molecule has 0 aromatic rings. The first-order valence-corrected chi connectivity index (χ1v) is 8.78. The third-order valence-corrected chi connectivity index (χ3v) is 4.65. The molecule has 0 amide bonds. The van der Waals surface area contributed by atoms with Gasteiger partial charge in [-0.2, -0.15) is 0 Å². The maximum atomic E-state index is 11.9. The summed E-state index contributed by atoms with van der Waals surface area (Å²) in [6, 6.07) is -0.0578. The molecule has 1 aliphatic heterocycles. The molecular weight excluding hydrogens is 296 g/mol. The Bertz CT molecular complexity index is 431. The zero-order valence-corrected chi connectivity index (χ0v) is 13.5. The maximum Gasteiger partial charge on any atom is 0.214 e. The van der Waals surface area contributed by atoms with Crippen LogP contribution in [0.15, 0.2) is 5.16 Å². The van der Waals surface area contributed by atoms with E-state index in [1.54, 1.807) is 0 Å².